The molecule has 3 amide bonds. The molecule has 2 aromatic carbocycles. The van der Waals surface area contributed by atoms with E-state index in [2.05, 4.69) is 10.6 Å². The van der Waals surface area contributed by atoms with Crippen molar-refractivity contribution in [2.75, 3.05) is 18.0 Å². The Labute approximate surface area is 264 Å². The number of benzene rings is 2. The summed E-state index contributed by atoms with van der Waals surface area (Å²) >= 11 is 0. The Bertz CT molecular complexity index is 1500. The summed E-state index contributed by atoms with van der Waals surface area (Å²) in [5, 5.41) is 15.6. The fourth-order valence-electron chi connectivity index (χ4n) is 5.47. The van der Waals surface area contributed by atoms with Crippen LogP contribution in [0, 0.1) is 6.92 Å². The third-order valence-corrected chi connectivity index (χ3v) is 9.71. The Kier molecular flexibility index (Phi) is 10.7. The van der Waals surface area contributed by atoms with E-state index in [0.717, 1.165) is 27.6 Å². The molecule has 2 aliphatic heterocycles. The average molecular weight is 643 g/mol. The number of carbonyl (C=O) groups is 4. The Morgan fingerprint density at radius 2 is 1.69 bits per heavy atom. The van der Waals surface area contributed by atoms with Gasteiger partial charge in [-0.15, -0.1) is 0 Å². The minimum Gasteiger partial charge on any atom is -0.480 e. The van der Waals surface area contributed by atoms with Crippen LogP contribution in [0.15, 0.2) is 53.4 Å². The van der Waals surface area contributed by atoms with Gasteiger partial charge in [0.2, 0.25) is 15.9 Å². The van der Waals surface area contributed by atoms with Crippen LogP contribution in [0.4, 0.5) is 10.5 Å². The van der Waals surface area contributed by atoms with Gasteiger partial charge in [-0.25, -0.2) is 22.9 Å². The molecule has 2 heterocycles. The Hall–Kier alpha value is -3.81. The van der Waals surface area contributed by atoms with E-state index in [0.29, 0.717) is 24.9 Å². The molecule has 45 heavy (non-hydrogen) atoms. The zero-order valence-electron chi connectivity index (χ0n) is 26.1. The van der Waals surface area contributed by atoms with E-state index in [4.69, 9.17) is 4.74 Å². The lowest BCUT2D eigenvalue weighted by molar-refractivity contribution is -0.142. The molecule has 3 atom stereocenters. The zero-order chi connectivity index (χ0) is 32.9. The summed E-state index contributed by atoms with van der Waals surface area (Å²) in [5.74, 6) is -2.41. The molecule has 0 bridgehead atoms. The highest BCUT2D eigenvalue weighted by Crippen LogP contribution is 2.27. The summed E-state index contributed by atoms with van der Waals surface area (Å²) < 4.78 is 33.2. The maximum Gasteiger partial charge on any atom is 0.421 e. The van der Waals surface area contributed by atoms with Crippen molar-refractivity contribution in [3.63, 3.8) is 0 Å². The molecule has 3 N–H and O–H groups in total. The van der Waals surface area contributed by atoms with Crippen molar-refractivity contribution < 1.29 is 37.4 Å². The monoisotopic (exact) mass is 642 g/mol. The zero-order valence-corrected chi connectivity index (χ0v) is 26.9. The lowest BCUT2D eigenvalue weighted by Gasteiger charge is -2.30. The van der Waals surface area contributed by atoms with E-state index < -0.39 is 57.6 Å². The number of ether oxygens (including phenoxy) is 1. The van der Waals surface area contributed by atoms with E-state index in [1.807, 2.05) is 6.92 Å². The smallest absolute Gasteiger partial charge is 0.421 e. The highest BCUT2D eigenvalue weighted by molar-refractivity contribution is 7.89. The number of anilines is 1. The normalized spacial score (nSPS) is 19.8. The first-order chi connectivity index (χ1) is 21.2. The number of amides is 3. The van der Waals surface area contributed by atoms with Gasteiger partial charge in [-0.2, -0.15) is 4.31 Å². The van der Waals surface area contributed by atoms with Gasteiger partial charge in [-0.1, -0.05) is 36.2 Å². The van der Waals surface area contributed by atoms with E-state index in [9.17, 15) is 32.7 Å². The van der Waals surface area contributed by atoms with Crippen molar-refractivity contribution in [1.82, 2.24) is 14.9 Å². The number of imide groups is 1. The van der Waals surface area contributed by atoms with Crippen LogP contribution in [-0.4, -0.2) is 78.5 Å². The van der Waals surface area contributed by atoms with Gasteiger partial charge in [0, 0.05) is 13.0 Å². The lowest BCUT2D eigenvalue weighted by atomic mass is 10.0. The summed E-state index contributed by atoms with van der Waals surface area (Å²) in [4.78, 5) is 53.1. The Morgan fingerprint density at radius 1 is 1.02 bits per heavy atom. The average Bonchev–Trinajstić information content (AvgIpc) is 3.49. The maximum absolute atomic E-state index is 13.4. The number of carboxylic acid groups (broad SMARTS) is 1. The second-order valence-electron chi connectivity index (χ2n) is 12.5. The van der Waals surface area contributed by atoms with Gasteiger partial charge in [-0.3, -0.25) is 9.59 Å². The van der Waals surface area contributed by atoms with Crippen LogP contribution < -0.4 is 15.5 Å². The molecule has 0 aliphatic carbocycles. The van der Waals surface area contributed by atoms with Crippen molar-refractivity contribution in [2.24, 2.45) is 0 Å². The van der Waals surface area contributed by atoms with Gasteiger partial charge in [0.05, 0.1) is 16.6 Å². The molecule has 0 unspecified atom stereocenters. The number of aryl methyl sites for hydroxylation is 1. The molecule has 0 radical (unpaired) electrons. The molecule has 244 valence electrons. The Morgan fingerprint density at radius 3 is 2.27 bits per heavy atom. The standard InChI is InChI=1S/C32H42N4O8S/c1-21-10-16-24(17-11-21)45(42,43)35-19-7-9-27(35)28(37)34-26(30(39)40)20-22-12-14-23(15-13-22)36(31(41)44-32(2,3)4)29(38)25-8-5-6-18-33-25/h10-17,25-27,33H,5-9,18-20H2,1-4H3,(H,34,37)(H,39,40)/t25-,26-,27-/m0/s1. The second-order valence-corrected chi connectivity index (χ2v) is 14.4. The van der Waals surface area contributed by atoms with Crippen LogP contribution >= 0.6 is 0 Å². The first kappa shape index (κ1) is 34.1. The lowest BCUT2D eigenvalue weighted by Crippen LogP contribution is -2.52. The molecule has 4 rings (SSSR count). The van der Waals surface area contributed by atoms with Gasteiger partial charge >= 0.3 is 12.1 Å². The summed E-state index contributed by atoms with van der Waals surface area (Å²) in [6.45, 7) is 7.77. The number of hydrogen-bond acceptors (Lipinski definition) is 8. The second kappa shape index (κ2) is 14.1. The van der Waals surface area contributed by atoms with Crippen LogP contribution in [0.25, 0.3) is 0 Å². The number of carboxylic acids is 1. The van der Waals surface area contributed by atoms with Crippen LogP contribution in [0.2, 0.25) is 0 Å². The minimum absolute atomic E-state index is 0.0702. The first-order valence-corrected chi connectivity index (χ1v) is 16.6. The van der Waals surface area contributed by atoms with E-state index in [1.165, 1.54) is 24.3 Å². The van der Waals surface area contributed by atoms with Crippen molar-refractivity contribution >= 4 is 39.6 Å². The molecular weight excluding hydrogens is 600 g/mol. The number of nitrogens with zero attached hydrogens (tertiary/aromatic N) is 2. The highest BCUT2D eigenvalue weighted by atomic mass is 32.2. The molecule has 13 heteroatoms. The van der Waals surface area contributed by atoms with Gasteiger partial charge in [0.25, 0.3) is 5.91 Å². The number of rotatable bonds is 9. The molecule has 2 aromatic rings. The fourth-order valence-corrected chi connectivity index (χ4v) is 7.13. The minimum atomic E-state index is -3.96. The molecular formula is C32H42N4O8S. The molecule has 2 saturated heterocycles. The van der Waals surface area contributed by atoms with Crippen molar-refractivity contribution in [1.29, 1.82) is 0 Å². The maximum atomic E-state index is 13.4. The third kappa shape index (κ3) is 8.47. The first-order valence-electron chi connectivity index (χ1n) is 15.2. The molecule has 12 nitrogen and oxygen atoms in total. The van der Waals surface area contributed by atoms with E-state index >= 15 is 0 Å². The number of sulfonamides is 1. The van der Waals surface area contributed by atoms with Gasteiger partial charge in [-0.05, 0) is 89.8 Å². The highest BCUT2D eigenvalue weighted by Gasteiger charge is 2.40. The number of nitrogens with one attached hydrogen (secondary N) is 2. The summed E-state index contributed by atoms with van der Waals surface area (Å²) in [5.41, 5.74) is 0.850. The van der Waals surface area contributed by atoms with Crippen molar-refractivity contribution in [3.05, 3.63) is 59.7 Å². The molecule has 2 aliphatic rings. The quantitative estimate of drug-likeness (QED) is 0.372. The van der Waals surface area contributed by atoms with Crippen LogP contribution in [0.5, 0.6) is 0 Å². The summed E-state index contributed by atoms with van der Waals surface area (Å²) in [6, 6.07) is 9.66. The predicted molar refractivity (Wildman–Crippen MR) is 167 cm³/mol. The largest absolute Gasteiger partial charge is 0.480 e. The van der Waals surface area contributed by atoms with Crippen LogP contribution in [0.1, 0.15) is 64.0 Å². The van der Waals surface area contributed by atoms with Crippen LogP contribution in [-0.2, 0) is 35.6 Å². The summed E-state index contributed by atoms with van der Waals surface area (Å²) in [6.07, 6.45) is 2.18. The van der Waals surface area contributed by atoms with Crippen LogP contribution in [0.3, 0.4) is 0 Å². The topological polar surface area (TPSA) is 162 Å². The molecule has 0 saturated carbocycles. The van der Waals surface area contributed by atoms with Gasteiger partial charge in [0.1, 0.15) is 17.7 Å². The van der Waals surface area contributed by atoms with Gasteiger partial charge in [0.15, 0.2) is 0 Å². The number of carbonyl (C=O) groups excluding carboxylic acids is 3. The number of aliphatic carboxylic acids is 1. The van der Waals surface area contributed by atoms with Crippen molar-refractivity contribution in [2.45, 2.75) is 94.8 Å². The SMILES string of the molecule is Cc1ccc(S(=O)(=O)N2CCC[C@H]2C(=O)N[C@@H](Cc2ccc(N(C(=O)OC(C)(C)C)C(=O)[C@@H]3CCCCN3)cc2)C(=O)O)cc1. The predicted octanol–water partition coefficient (Wildman–Crippen LogP) is 3.37. The fraction of sp³-hybridized carbons (Fsp3) is 0.500. The van der Waals surface area contributed by atoms with Crippen molar-refractivity contribution in [3.8, 4) is 0 Å². The van der Waals surface area contributed by atoms with E-state index in [1.54, 1.807) is 45.0 Å². The van der Waals surface area contributed by atoms with Gasteiger partial charge < -0.3 is 20.5 Å². The molecule has 2 fully saturated rings. The number of hydrogen-bond donors (Lipinski definition) is 3. The van der Waals surface area contributed by atoms with E-state index in [-0.39, 0.29) is 30.0 Å². The molecule has 0 aromatic heterocycles. The Balaban J connectivity index is 1.49. The number of piperidine rings is 1. The molecule has 0 spiro atoms. The summed E-state index contributed by atoms with van der Waals surface area (Å²) in [7, 11) is -3.96. The third-order valence-electron chi connectivity index (χ3n) is 7.79.